The summed E-state index contributed by atoms with van der Waals surface area (Å²) in [7, 11) is 0. The quantitative estimate of drug-likeness (QED) is 0.743. The van der Waals surface area contributed by atoms with Crippen molar-refractivity contribution in [2.75, 3.05) is 0 Å². The van der Waals surface area contributed by atoms with Crippen LogP contribution < -0.4 is 4.74 Å². The molecule has 20 heavy (non-hydrogen) atoms. The number of hydrogen-bond donors (Lipinski definition) is 1. The summed E-state index contributed by atoms with van der Waals surface area (Å²) >= 11 is 5.25. The van der Waals surface area contributed by atoms with Crippen molar-refractivity contribution < 1.29 is 4.74 Å². The van der Waals surface area contributed by atoms with Gasteiger partial charge in [0, 0.05) is 10.8 Å². The zero-order chi connectivity index (χ0) is 14.1. The molecule has 1 heterocycles. The molecule has 0 spiro atoms. The molecule has 3 aromatic rings. The molecule has 102 valence electrons. The molecular formula is C15H15N3OS. The number of nitrogens with zero attached hydrogens (tertiary/aromatic N) is 2. The molecule has 2 aromatic carbocycles. The second-order valence-corrected chi connectivity index (χ2v) is 5.21. The van der Waals surface area contributed by atoms with Crippen molar-refractivity contribution in [1.29, 1.82) is 0 Å². The van der Waals surface area contributed by atoms with Gasteiger partial charge in [0.15, 0.2) is 4.77 Å². The van der Waals surface area contributed by atoms with Gasteiger partial charge in [-0.2, -0.15) is 5.10 Å². The predicted octanol–water partition coefficient (Wildman–Crippen LogP) is 3.87. The monoisotopic (exact) mass is 285 g/mol. The first kappa shape index (κ1) is 12.9. The lowest BCUT2D eigenvalue weighted by Crippen LogP contribution is -2.06. The van der Waals surface area contributed by atoms with Crippen LogP contribution >= 0.6 is 12.2 Å². The van der Waals surface area contributed by atoms with Crippen molar-refractivity contribution >= 4 is 23.0 Å². The summed E-state index contributed by atoms with van der Waals surface area (Å²) in [5.41, 5.74) is 0.996. The molecule has 0 amide bonds. The largest absolute Gasteiger partial charge is 0.490 e. The van der Waals surface area contributed by atoms with Gasteiger partial charge in [0.2, 0.25) is 0 Å². The molecule has 1 aromatic heterocycles. The lowest BCUT2D eigenvalue weighted by molar-refractivity contribution is 0.245. The average molecular weight is 285 g/mol. The van der Waals surface area contributed by atoms with Gasteiger partial charge in [0.25, 0.3) is 0 Å². The smallest absolute Gasteiger partial charge is 0.199 e. The maximum atomic E-state index is 5.87. The van der Waals surface area contributed by atoms with Gasteiger partial charge in [0.1, 0.15) is 12.1 Å². The first-order chi connectivity index (χ1) is 9.66. The van der Waals surface area contributed by atoms with Crippen LogP contribution in [-0.4, -0.2) is 20.9 Å². The van der Waals surface area contributed by atoms with Crippen LogP contribution in [0.1, 0.15) is 13.8 Å². The van der Waals surface area contributed by atoms with E-state index in [4.69, 9.17) is 17.0 Å². The molecular weight excluding hydrogens is 270 g/mol. The van der Waals surface area contributed by atoms with Crippen molar-refractivity contribution in [3.05, 3.63) is 47.5 Å². The summed E-state index contributed by atoms with van der Waals surface area (Å²) in [6.45, 7) is 4.05. The summed E-state index contributed by atoms with van der Waals surface area (Å²) in [5.74, 6) is 0.884. The Morgan fingerprint density at radius 3 is 2.60 bits per heavy atom. The van der Waals surface area contributed by atoms with E-state index in [0.29, 0.717) is 4.77 Å². The summed E-state index contributed by atoms with van der Waals surface area (Å²) in [6, 6.07) is 12.1. The molecule has 0 atom stereocenters. The van der Waals surface area contributed by atoms with Crippen LogP contribution in [0.3, 0.4) is 0 Å². The second kappa shape index (κ2) is 5.09. The standard InChI is InChI=1S/C15H15N3OS/c1-10(2)19-14-8-4-5-11-12(14)6-3-7-13(11)18-9-16-17-15(18)20/h3-10H,1-2H3,(H,17,20). The minimum absolute atomic E-state index is 0.139. The Hall–Kier alpha value is -2.14. The number of aromatic nitrogens is 3. The molecule has 0 aliphatic heterocycles. The highest BCUT2D eigenvalue weighted by atomic mass is 32.1. The van der Waals surface area contributed by atoms with Crippen LogP contribution in [0.5, 0.6) is 5.75 Å². The van der Waals surface area contributed by atoms with E-state index < -0.39 is 0 Å². The maximum absolute atomic E-state index is 5.87. The molecule has 4 nitrogen and oxygen atoms in total. The Morgan fingerprint density at radius 1 is 1.15 bits per heavy atom. The molecule has 0 saturated heterocycles. The molecule has 0 aliphatic carbocycles. The van der Waals surface area contributed by atoms with E-state index in [0.717, 1.165) is 22.2 Å². The molecule has 1 N–H and O–H groups in total. The van der Waals surface area contributed by atoms with Crippen molar-refractivity contribution in [3.63, 3.8) is 0 Å². The molecule has 0 saturated carbocycles. The molecule has 0 aliphatic rings. The number of benzene rings is 2. The summed E-state index contributed by atoms with van der Waals surface area (Å²) in [4.78, 5) is 0. The Morgan fingerprint density at radius 2 is 1.90 bits per heavy atom. The molecule has 0 bridgehead atoms. The number of nitrogens with one attached hydrogen (secondary N) is 1. The van der Waals surface area contributed by atoms with Crippen molar-refractivity contribution in [2.24, 2.45) is 0 Å². The van der Waals surface area contributed by atoms with Gasteiger partial charge in [-0.25, -0.2) is 0 Å². The Labute approximate surface area is 122 Å². The average Bonchev–Trinajstić information content (AvgIpc) is 2.84. The van der Waals surface area contributed by atoms with Crippen LogP contribution in [0, 0.1) is 4.77 Å². The van der Waals surface area contributed by atoms with Crippen molar-refractivity contribution in [1.82, 2.24) is 14.8 Å². The zero-order valence-electron chi connectivity index (χ0n) is 11.3. The summed E-state index contributed by atoms with van der Waals surface area (Å²) in [5, 5.41) is 8.91. The number of rotatable bonds is 3. The van der Waals surface area contributed by atoms with Crippen LogP contribution in [0.2, 0.25) is 0 Å². The SMILES string of the molecule is CC(C)Oc1cccc2c(-n3cn[nH]c3=S)cccc12. The van der Waals surface area contributed by atoms with Gasteiger partial charge in [-0.1, -0.05) is 24.3 Å². The van der Waals surface area contributed by atoms with Crippen molar-refractivity contribution in [3.8, 4) is 11.4 Å². The molecule has 0 radical (unpaired) electrons. The highest BCUT2D eigenvalue weighted by molar-refractivity contribution is 7.71. The van der Waals surface area contributed by atoms with E-state index >= 15 is 0 Å². The fourth-order valence-corrected chi connectivity index (χ4v) is 2.45. The summed E-state index contributed by atoms with van der Waals surface area (Å²) < 4.78 is 8.31. The third kappa shape index (κ3) is 2.20. The Bertz CT molecular complexity index is 804. The van der Waals surface area contributed by atoms with Crippen LogP contribution in [0.25, 0.3) is 16.5 Å². The van der Waals surface area contributed by atoms with Crippen LogP contribution in [0.4, 0.5) is 0 Å². The van der Waals surface area contributed by atoms with E-state index in [1.165, 1.54) is 0 Å². The Kier molecular flexibility index (Phi) is 3.28. The van der Waals surface area contributed by atoms with Crippen LogP contribution in [-0.2, 0) is 0 Å². The topological polar surface area (TPSA) is 42.8 Å². The lowest BCUT2D eigenvalue weighted by atomic mass is 10.1. The van der Waals surface area contributed by atoms with E-state index in [9.17, 15) is 0 Å². The Balaban J connectivity index is 2.26. The van der Waals surface area contributed by atoms with Gasteiger partial charge in [0.05, 0.1) is 11.8 Å². The first-order valence-electron chi connectivity index (χ1n) is 6.47. The number of aromatic amines is 1. The highest BCUT2D eigenvalue weighted by Crippen LogP contribution is 2.30. The zero-order valence-corrected chi connectivity index (χ0v) is 12.1. The number of fused-ring (bicyclic) bond motifs is 1. The minimum Gasteiger partial charge on any atom is -0.490 e. The third-order valence-corrected chi connectivity index (χ3v) is 3.32. The first-order valence-corrected chi connectivity index (χ1v) is 6.88. The fraction of sp³-hybridized carbons (Fsp3) is 0.200. The van der Waals surface area contributed by atoms with E-state index in [1.807, 2.05) is 42.7 Å². The maximum Gasteiger partial charge on any atom is 0.199 e. The third-order valence-electron chi connectivity index (χ3n) is 3.03. The number of ether oxygens (including phenoxy) is 1. The fourth-order valence-electron chi connectivity index (χ4n) is 2.25. The van der Waals surface area contributed by atoms with E-state index in [1.54, 1.807) is 6.33 Å². The summed E-state index contributed by atoms with van der Waals surface area (Å²) in [6.07, 6.45) is 1.83. The second-order valence-electron chi connectivity index (χ2n) is 4.83. The van der Waals surface area contributed by atoms with Gasteiger partial charge in [-0.3, -0.25) is 9.67 Å². The van der Waals surface area contributed by atoms with Crippen LogP contribution in [0.15, 0.2) is 42.7 Å². The van der Waals surface area contributed by atoms with Gasteiger partial charge < -0.3 is 4.74 Å². The molecule has 0 fully saturated rings. The lowest BCUT2D eigenvalue weighted by Gasteiger charge is -2.14. The number of H-pyrrole nitrogens is 1. The van der Waals surface area contributed by atoms with Crippen molar-refractivity contribution in [2.45, 2.75) is 20.0 Å². The van der Waals surface area contributed by atoms with Gasteiger partial charge >= 0.3 is 0 Å². The predicted molar refractivity (Wildman–Crippen MR) is 82.0 cm³/mol. The number of hydrogen-bond acceptors (Lipinski definition) is 3. The minimum atomic E-state index is 0.139. The van der Waals surface area contributed by atoms with Gasteiger partial charge in [-0.15, -0.1) is 0 Å². The molecule has 3 rings (SSSR count). The van der Waals surface area contributed by atoms with E-state index in [2.05, 4.69) is 22.3 Å². The molecule has 0 unspecified atom stereocenters. The van der Waals surface area contributed by atoms with E-state index in [-0.39, 0.29) is 6.10 Å². The normalized spacial score (nSPS) is 11.2. The highest BCUT2D eigenvalue weighted by Gasteiger charge is 2.09. The molecule has 5 heteroatoms. The van der Waals surface area contributed by atoms with Gasteiger partial charge in [-0.05, 0) is 38.2 Å².